The highest BCUT2D eigenvalue weighted by atomic mass is 19.1. The lowest BCUT2D eigenvalue weighted by molar-refractivity contribution is -0.142. The average Bonchev–Trinajstić information content (AvgIpc) is 3.21. The standard InChI is InChI=1S/C25H18F2N2O4/c1-14(30)33-13-15-5-4-6-16(9-15)23(31)22(24(32)17-10-18(26)12-19(27)11-17)25-28-20-7-2-3-8-21(20)29-25/h2-12,32H,13H2,1H3,(H,28,29)/b24-22-. The Morgan fingerprint density at radius 2 is 1.70 bits per heavy atom. The Hall–Kier alpha value is -4.33. The maximum absolute atomic E-state index is 13.8. The van der Waals surface area contributed by atoms with Gasteiger partial charge in [0.2, 0.25) is 5.78 Å². The zero-order valence-corrected chi connectivity index (χ0v) is 17.4. The third-order valence-electron chi connectivity index (χ3n) is 4.86. The number of fused-ring (bicyclic) bond motifs is 1. The molecule has 0 amide bonds. The molecule has 4 aromatic rings. The Morgan fingerprint density at radius 1 is 0.970 bits per heavy atom. The molecule has 0 aliphatic rings. The summed E-state index contributed by atoms with van der Waals surface area (Å²) in [5.74, 6) is -3.52. The summed E-state index contributed by atoms with van der Waals surface area (Å²) in [4.78, 5) is 32.0. The van der Waals surface area contributed by atoms with Crippen LogP contribution in [0.25, 0.3) is 22.4 Å². The highest BCUT2D eigenvalue weighted by Gasteiger charge is 2.24. The van der Waals surface area contributed by atoms with Crippen molar-refractivity contribution in [3.63, 3.8) is 0 Å². The molecule has 6 nitrogen and oxygen atoms in total. The van der Waals surface area contributed by atoms with Gasteiger partial charge >= 0.3 is 5.97 Å². The zero-order valence-electron chi connectivity index (χ0n) is 17.4. The normalized spacial score (nSPS) is 11.8. The first-order valence-corrected chi connectivity index (χ1v) is 9.93. The highest BCUT2D eigenvalue weighted by molar-refractivity contribution is 6.33. The second-order valence-electron chi connectivity index (χ2n) is 7.29. The number of rotatable bonds is 6. The van der Waals surface area contributed by atoms with E-state index in [1.54, 1.807) is 36.4 Å². The molecule has 33 heavy (non-hydrogen) atoms. The van der Waals surface area contributed by atoms with Crippen molar-refractivity contribution in [1.82, 2.24) is 9.97 Å². The summed E-state index contributed by atoms with van der Waals surface area (Å²) in [6, 6.07) is 15.8. The van der Waals surface area contributed by atoms with E-state index < -0.39 is 29.1 Å². The van der Waals surface area contributed by atoms with E-state index in [1.165, 1.54) is 19.1 Å². The van der Waals surface area contributed by atoms with E-state index in [-0.39, 0.29) is 29.1 Å². The molecule has 1 heterocycles. The molecule has 4 rings (SSSR count). The average molecular weight is 448 g/mol. The third kappa shape index (κ3) is 4.79. The Labute approximate surface area is 187 Å². The van der Waals surface area contributed by atoms with Gasteiger partial charge in [-0.3, -0.25) is 9.59 Å². The van der Waals surface area contributed by atoms with E-state index in [4.69, 9.17) is 4.74 Å². The Balaban J connectivity index is 1.86. The van der Waals surface area contributed by atoms with Crippen molar-refractivity contribution < 1.29 is 28.2 Å². The monoisotopic (exact) mass is 448 g/mol. The van der Waals surface area contributed by atoms with Gasteiger partial charge in [0.05, 0.1) is 11.0 Å². The number of aromatic amines is 1. The van der Waals surface area contributed by atoms with Crippen molar-refractivity contribution in [2.75, 3.05) is 0 Å². The number of hydrogen-bond acceptors (Lipinski definition) is 5. The second-order valence-corrected chi connectivity index (χ2v) is 7.29. The number of nitrogens with one attached hydrogen (secondary N) is 1. The van der Waals surface area contributed by atoms with Crippen LogP contribution in [0.1, 0.15) is 34.2 Å². The van der Waals surface area contributed by atoms with Gasteiger partial charge in [-0.05, 0) is 35.9 Å². The number of hydrogen-bond donors (Lipinski definition) is 2. The van der Waals surface area contributed by atoms with Crippen molar-refractivity contribution in [3.8, 4) is 0 Å². The lowest BCUT2D eigenvalue weighted by Crippen LogP contribution is -2.09. The van der Waals surface area contributed by atoms with Crippen molar-refractivity contribution in [2.45, 2.75) is 13.5 Å². The fourth-order valence-electron chi connectivity index (χ4n) is 3.36. The molecule has 0 unspecified atom stereocenters. The first-order chi connectivity index (χ1) is 15.8. The Kier molecular flexibility index (Phi) is 5.99. The number of Topliss-reactive ketones (excluding diaryl/α,β-unsaturated/α-hetero) is 1. The molecule has 8 heteroatoms. The molecular weight excluding hydrogens is 430 g/mol. The SMILES string of the molecule is CC(=O)OCc1cccc(C(=O)/C(=C(/O)c2cc(F)cc(F)c2)c2nc3ccccc3[nH]2)c1. The summed E-state index contributed by atoms with van der Waals surface area (Å²) in [5.41, 5.74) is 1.39. The molecule has 0 saturated carbocycles. The number of carbonyl (C=O) groups excluding carboxylic acids is 2. The van der Waals surface area contributed by atoms with Crippen LogP contribution >= 0.6 is 0 Å². The number of ketones is 1. The number of halogens is 2. The van der Waals surface area contributed by atoms with Crippen LogP contribution in [0.4, 0.5) is 8.78 Å². The number of aliphatic hydroxyl groups is 1. The number of H-pyrrole nitrogens is 1. The predicted molar refractivity (Wildman–Crippen MR) is 118 cm³/mol. The van der Waals surface area contributed by atoms with Crippen LogP contribution < -0.4 is 0 Å². The molecule has 0 saturated heterocycles. The van der Waals surface area contributed by atoms with Gasteiger partial charge in [-0.1, -0.05) is 30.3 Å². The highest BCUT2D eigenvalue weighted by Crippen LogP contribution is 2.29. The molecule has 166 valence electrons. The van der Waals surface area contributed by atoms with Gasteiger partial charge in [-0.25, -0.2) is 13.8 Å². The fourth-order valence-corrected chi connectivity index (χ4v) is 3.36. The summed E-state index contributed by atoms with van der Waals surface area (Å²) >= 11 is 0. The van der Waals surface area contributed by atoms with Gasteiger partial charge < -0.3 is 14.8 Å². The molecular formula is C25H18F2N2O4. The number of allylic oxidation sites excluding steroid dienone is 1. The minimum atomic E-state index is -0.906. The van der Waals surface area contributed by atoms with Crippen LogP contribution in [-0.4, -0.2) is 26.8 Å². The van der Waals surface area contributed by atoms with Crippen LogP contribution in [0.2, 0.25) is 0 Å². The molecule has 0 fully saturated rings. The molecule has 0 aliphatic carbocycles. The number of carbonyl (C=O) groups is 2. The third-order valence-corrected chi connectivity index (χ3v) is 4.86. The maximum atomic E-state index is 13.8. The maximum Gasteiger partial charge on any atom is 0.302 e. The van der Waals surface area contributed by atoms with E-state index in [0.717, 1.165) is 12.1 Å². The van der Waals surface area contributed by atoms with Crippen LogP contribution in [0.15, 0.2) is 66.7 Å². The van der Waals surface area contributed by atoms with Crippen LogP contribution in [0, 0.1) is 11.6 Å². The molecule has 1 aromatic heterocycles. The lowest BCUT2D eigenvalue weighted by atomic mass is 9.97. The van der Waals surface area contributed by atoms with Gasteiger partial charge in [0.1, 0.15) is 35.4 Å². The second kappa shape index (κ2) is 9.04. The summed E-state index contributed by atoms with van der Waals surface area (Å²) in [7, 11) is 0. The molecule has 0 aliphatic heterocycles. The molecule has 3 aromatic carbocycles. The number of benzene rings is 3. The molecule has 0 spiro atoms. The molecule has 2 N–H and O–H groups in total. The molecule has 0 atom stereocenters. The van der Waals surface area contributed by atoms with Gasteiger partial charge in [0.25, 0.3) is 0 Å². The van der Waals surface area contributed by atoms with E-state index >= 15 is 0 Å². The number of nitrogens with zero attached hydrogens (tertiary/aromatic N) is 1. The Morgan fingerprint density at radius 3 is 2.39 bits per heavy atom. The molecule has 0 radical (unpaired) electrons. The number of para-hydroxylation sites is 2. The van der Waals surface area contributed by atoms with Crippen LogP contribution in [-0.2, 0) is 16.1 Å². The minimum Gasteiger partial charge on any atom is -0.506 e. The van der Waals surface area contributed by atoms with Gasteiger partial charge in [0, 0.05) is 24.1 Å². The van der Waals surface area contributed by atoms with E-state index in [2.05, 4.69) is 9.97 Å². The lowest BCUT2D eigenvalue weighted by Gasteiger charge is -2.10. The van der Waals surface area contributed by atoms with Crippen LogP contribution in [0.5, 0.6) is 0 Å². The summed E-state index contributed by atoms with van der Waals surface area (Å²) in [6.07, 6.45) is 0. The number of ether oxygens (including phenoxy) is 1. The first-order valence-electron chi connectivity index (χ1n) is 9.93. The largest absolute Gasteiger partial charge is 0.506 e. The van der Waals surface area contributed by atoms with Crippen LogP contribution in [0.3, 0.4) is 0 Å². The van der Waals surface area contributed by atoms with E-state index in [9.17, 15) is 23.5 Å². The predicted octanol–water partition coefficient (Wildman–Crippen LogP) is 5.21. The van der Waals surface area contributed by atoms with E-state index in [0.29, 0.717) is 22.7 Å². The summed E-state index contributed by atoms with van der Waals surface area (Å²) < 4.78 is 32.6. The number of aliphatic hydroxyl groups excluding tert-OH is 1. The fraction of sp³-hybridized carbons (Fsp3) is 0.0800. The van der Waals surface area contributed by atoms with Gasteiger partial charge in [0.15, 0.2) is 0 Å². The van der Waals surface area contributed by atoms with E-state index in [1.807, 2.05) is 0 Å². The van der Waals surface area contributed by atoms with Crippen molar-refractivity contribution >= 4 is 34.1 Å². The first kappa shape index (κ1) is 21.9. The summed E-state index contributed by atoms with van der Waals surface area (Å²) in [5, 5.41) is 11.0. The Bertz CT molecular complexity index is 1360. The van der Waals surface area contributed by atoms with Gasteiger partial charge in [-0.2, -0.15) is 0 Å². The van der Waals surface area contributed by atoms with Crippen molar-refractivity contribution in [3.05, 3.63) is 101 Å². The zero-order chi connectivity index (χ0) is 23.5. The molecule has 0 bridgehead atoms. The number of imidazole rings is 1. The quantitative estimate of drug-likeness (QED) is 0.183. The van der Waals surface area contributed by atoms with Crippen molar-refractivity contribution in [2.24, 2.45) is 0 Å². The number of esters is 1. The topological polar surface area (TPSA) is 92.3 Å². The van der Waals surface area contributed by atoms with Gasteiger partial charge in [-0.15, -0.1) is 0 Å². The number of aromatic nitrogens is 2. The smallest absolute Gasteiger partial charge is 0.302 e. The minimum absolute atomic E-state index is 0.0359. The van der Waals surface area contributed by atoms with Crippen molar-refractivity contribution in [1.29, 1.82) is 0 Å². The summed E-state index contributed by atoms with van der Waals surface area (Å²) in [6.45, 7) is 1.23.